The van der Waals surface area contributed by atoms with E-state index in [2.05, 4.69) is 26.1 Å². The number of nitrogens with zero attached hydrogens (tertiary/aromatic N) is 2. The summed E-state index contributed by atoms with van der Waals surface area (Å²) in [5.74, 6) is 0.798. The van der Waals surface area contributed by atoms with E-state index in [1.807, 2.05) is 30.3 Å². The molecular formula is C15H15BrN2O2. The van der Waals surface area contributed by atoms with E-state index in [-0.39, 0.29) is 0 Å². The number of pyridine rings is 1. The average molecular weight is 335 g/mol. The third kappa shape index (κ3) is 4.35. The quantitative estimate of drug-likeness (QED) is 0.513. The second kappa shape index (κ2) is 7.05. The molecule has 104 valence electrons. The number of halogens is 1. The molecule has 0 saturated heterocycles. The number of rotatable bonds is 5. The lowest BCUT2D eigenvalue weighted by molar-refractivity contribution is 0.305. The molecule has 0 spiro atoms. The maximum absolute atomic E-state index is 8.64. The summed E-state index contributed by atoms with van der Waals surface area (Å²) in [6.07, 6.45) is 4.15. The Morgan fingerprint density at radius 2 is 2.00 bits per heavy atom. The largest absolute Gasteiger partial charge is 0.489 e. The van der Waals surface area contributed by atoms with Crippen LogP contribution in [0.2, 0.25) is 0 Å². The highest BCUT2D eigenvalue weighted by molar-refractivity contribution is 9.10. The second-order valence-electron chi connectivity index (χ2n) is 4.46. The molecule has 1 aromatic heterocycles. The van der Waals surface area contributed by atoms with Crippen LogP contribution in [-0.4, -0.2) is 15.9 Å². The van der Waals surface area contributed by atoms with Crippen molar-refractivity contribution in [3.05, 3.63) is 58.3 Å². The van der Waals surface area contributed by atoms with Crippen LogP contribution < -0.4 is 4.74 Å². The van der Waals surface area contributed by atoms with Gasteiger partial charge in [-0.2, -0.15) is 0 Å². The number of ether oxygens (including phenoxy) is 1. The fourth-order valence-electron chi connectivity index (χ4n) is 1.74. The normalized spacial score (nSPS) is 11.4. The van der Waals surface area contributed by atoms with Crippen molar-refractivity contribution < 1.29 is 9.94 Å². The standard InChI is InChI=1S/C15H15BrN2O2/c1-11(18-19)6-12-2-4-15(5-3-12)20-10-13-7-14(16)9-17-8-13/h2-5,7-9,19H,6,10H2,1H3/b18-11-. The summed E-state index contributed by atoms with van der Waals surface area (Å²) in [7, 11) is 0. The van der Waals surface area contributed by atoms with Crippen molar-refractivity contribution in [2.75, 3.05) is 0 Å². The van der Waals surface area contributed by atoms with Gasteiger partial charge in [-0.15, -0.1) is 0 Å². The summed E-state index contributed by atoms with van der Waals surface area (Å²) >= 11 is 3.38. The molecule has 1 N–H and O–H groups in total. The fraction of sp³-hybridized carbons (Fsp3) is 0.200. The Morgan fingerprint density at radius 1 is 1.25 bits per heavy atom. The second-order valence-corrected chi connectivity index (χ2v) is 5.37. The number of aromatic nitrogens is 1. The molecule has 0 bridgehead atoms. The molecule has 0 aliphatic rings. The Bertz CT molecular complexity index is 597. The van der Waals surface area contributed by atoms with Crippen molar-refractivity contribution in [3.63, 3.8) is 0 Å². The SMILES string of the molecule is C/C(Cc1ccc(OCc2cncc(Br)c2)cc1)=N/O. The minimum atomic E-state index is 0.475. The van der Waals surface area contributed by atoms with Crippen LogP contribution >= 0.6 is 15.9 Å². The fourth-order valence-corrected chi connectivity index (χ4v) is 2.15. The molecule has 5 heteroatoms. The van der Waals surface area contributed by atoms with E-state index >= 15 is 0 Å². The number of oxime groups is 1. The topological polar surface area (TPSA) is 54.7 Å². The lowest BCUT2D eigenvalue weighted by atomic mass is 10.1. The van der Waals surface area contributed by atoms with Crippen molar-refractivity contribution in [2.24, 2.45) is 5.16 Å². The first kappa shape index (κ1) is 14.5. The summed E-state index contributed by atoms with van der Waals surface area (Å²) in [4.78, 5) is 4.09. The first-order valence-electron chi connectivity index (χ1n) is 6.16. The Hall–Kier alpha value is -1.88. The first-order chi connectivity index (χ1) is 9.67. The lowest BCUT2D eigenvalue weighted by Crippen LogP contribution is -1.98. The number of benzene rings is 1. The highest BCUT2D eigenvalue weighted by Gasteiger charge is 2.00. The van der Waals surface area contributed by atoms with Crippen molar-refractivity contribution in [3.8, 4) is 5.75 Å². The third-order valence-corrected chi connectivity index (χ3v) is 3.15. The molecule has 2 aromatic rings. The van der Waals surface area contributed by atoms with Crippen LogP contribution in [0.25, 0.3) is 0 Å². The smallest absolute Gasteiger partial charge is 0.119 e. The van der Waals surface area contributed by atoms with Gasteiger partial charge in [-0.25, -0.2) is 0 Å². The number of hydrogen-bond donors (Lipinski definition) is 1. The van der Waals surface area contributed by atoms with Gasteiger partial charge in [0.15, 0.2) is 0 Å². The van der Waals surface area contributed by atoms with Crippen LogP contribution in [0.1, 0.15) is 18.1 Å². The zero-order valence-electron chi connectivity index (χ0n) is 11.1. The lowest BCUT2D eigenvalue weighted by Gasteiger charge is -2.07. The van der Waals surface area contributed by atoms with Crippen LogP contribution in [0.5, 0.6) is 5.75 Å². The van der Waals surface area contributed by atoms with E-state index in [1.165, 1.54) is 0 Å². The average Bonchev–Trinajstić information content (AvgIpc) is 2.46. The summed E-state index contributed by atoms with van der Waals surface area (Å²) in [6, 6.07) is 9.71. The minimum Gasteiger partial charge on any atom is -0.489 e. The van der Waals surface area contributed by atoms with E-state index in [0.717, 1.165) is 21.3 Å². The van der Waals surface area contributed by atoms with Gasteiger partial charge in [-0.3, -0.25) is 4.98 Å². The van der Waals surface area contributed by atoms with Crippen molar-refractivity contribution in [2.45, 2.75) is 20.0 Å². The maximum atomic E-state index is 8.64. The van der Waals surface area contributed by atoms with Crippen molar-refractivity contribution >= 4 is 21.6 Å². The summed E-state index contributed by atoms with van der Waals surface area (Å²) < 4.78 is 6.63. The van der Waals surface area contributed by atoms with Gasteiger partial charge in [-0.1, -0.05) is 17.3 Å². The van der Waals surface area contributed by atoms with Crippen LogP contribution in [0.4, 0.5) is 0 Å². The molecule has 0 amide bonds. The van der Waals surface area contributed by atoms with Gasteiger partial charge in [-0.05, 0) is 46.6 Å². The Balaban J connectivity index is 1.94. The maximum Gasteiger partial charge on any atom is 0.119 e. The van der Waals surface area contributed by atoms with Gasteiger partial charge in [0.2, 0.25) is 0 Å². The van der Waals surface area contributed by atoms with E-state index in [4.69, 9.17) is 9.94 Å². The minimum absolute atomic E-state index is 0.475. The zero-order valence-corrected chi connectivity index (χ0v) is 12.7. The van der Waals surface area contributed by atoms with Gasteiger partial charge in [0.05, 0.1) is 5.71 Å². The van der Waals surface area contributed by atoms with Gasteiger partial charge in [0.1, 0.15) is 12.4 Å². The molecule has 0 atom stereocenters. The van der Waals surface area contributed by atoms with Crippen LogP contribution in [0.15, 0.2) is 52.4 Å². The summed E-state index contributed by atoms with van der Waals surface area (Å²) in [6.45, 7) is 2.26. The predicted octanol–water partition coefficient (Wildman–Crippen LogP) is 3.82. The molecule has 0 aliphatic carbocycles. The summed E-state index contributed by atoms with van der Waals surface area (Å²) in [5.41, 5.74) is 2.77. The van der Waals surface area contributed by atoms with Crippen molar-refractivity contribution in [1.29, 1.82) is 0 Å². The summed E-state index contributed by atoms with van der Waals surface area (Å²) in [5, 5.41) is 11.8. The molecule has 0 radical (unpaired) electrons. The molecule has 1 heterocycles. The van der Waals surface area contributed by atoms with Crippen LogP contribution in [0, 0.1) is 0 Å². The molecule has 0 unspecified atom stereocenters. The number of hydrogen-bond acceptors (Lipinski definition) is 4. The first-order valence-corrected chi connectivity index (χ1v) is 6.95. The Kier molecular flexibility index (Phi) is 5.12. The zero-order chi connectivity index (χ0) is 14.4. The van der Waals surface area contributed by atoms with E-state index in [1.54, 1.807) is 19.3 Å². The Labute approximate surface area is 126 Å². The molecule has 0 fully saturated rings. The molecule has 1 aromatic carbocycles. The molecule has 2 rings (SSSR count). The predicted molar refractivity (Wildman–Crippen MR) is 81.3 cm³/mol. The van der Waals surface area contributed by atoms with Gasteiger partial charge in [0, 0.05) is 28.9 Å². The molecule has 4 nitrogen and oxygen atoms in total. The van der Waals surface area contributed by atoms with E-state index in [9.17, 15) is 0 Å². The Morgan fingerprint density at radius 3 is 2.65 bits per heavy atom. The van der Waals surface area contributed by atoms with Gasteiger partial charge >= 0.3 is 0 Å². The molecule has 20 heavy (non-hydrogen) atoms. The van der Waals surface area contributed by atoms with E-state index < -0.39 is 0 Å². The van der Waals surface area contributed by atoms with Crippen LogP contribution in [0.3, 0.4) is 0 Å². The highest BCUT2D eigenvalue weighted by Crippen LogP contribution is 2.16. The van der Waals surface area contributed by atoms with Crippen LogP contribution in [-0.2, 0) is 13.0 Å². The van der Waals surface area contributed by atoms with Crippen molar-refractivity contribution in [1.82, 2.24) is 4.98 Å². The molecule has 0 aliphatic heterocycles. The molecular weight excluding hydrogens is 320 g/mol. The monoisotopic (exact) mass is 334 g/mol. The van der Waals surface area contributed by atoms with E-state index in [0.29, 0.717) is 18.7 Å². The van der Waals surface area contributed by atoms with Gasteiger partial charge < -0.3 is 9.94 Å². The highest BCUT2D eigenvalue weighted by atomic mass is 79.9. The van der Waals surface area contributed by atoms with Gasteiger partial charge in [0.25, 0.3) is 0 Å². The molecule has 0 saturated carbocycles. The third-order valence-electron chi connectivity index (χ3n) is 2.72.